The molecule has 0 fully saturated rings. The van der Waals surface area contributed by atoms with Crippen LogP contribution >= 0.6 is 0 Å². The lowest BCUT2D eigenvalue weighted by atomic mass is 9.93. The summed E-state index contributed by atoms with van der Waals surface area (Å²) in [7, 11) is 1.41. The maximum Gasteiger partial charge on any atom is 0.338 e. The molecular weight excluding hydrogens is 296 g/mol. The van der Waals surface area contributed by atoms with Gasteiger partial charge in [0.15, 0.2) is 0 Å². The van der Waals surface area contributed by atoms with Gasteiger partial charge in [0.05, 0.1) is 12.7 Å². The number of rotatable bonds is 2. The molecule has 0 atom stereocenters. The van der Waals surface area contributed by atoms with Crippen molar-refractivity contribution >= 4 is 5.97 Å². The molecule has 0 amide bonds. The molecule has 1 aliphatic carbocycles. The second-order valence-electron chi connectivity index (χ2n) is 6.19. The standard InChI is InChI=1S/C22H18O2/c1-14-12-16(10-11-17(14)22(23)24-2)19-8-5-9-20-18-7-4-3-6-15(18)13-21(19)20/h3-12H,13H2,1-2H3. The van der Waals surface area contributed by atoms with Gasteiger partial charge in [-0.1, -0.05) is 54.6 Å². The van der Waals surface area contributed by atoms with Gasteiger partial charge in [0.1, 0.15) is 0 Å². The summed E-state index contributed by atoms with van der Waals surface area (Å²) in [4.78, 5) is 11.8. The maximum atomic E-state index is 11.8. The van der Waals surface area contributed by atoms with Crippen molar-refractivity contribution in [3.63, 3.8) is 0 Å². The van der Waals surface area contributed by atoms with Crippen LogP contribution in [0.3, 0.4) is 0 Å². The fourth-order valence-corrected chi connectivity index (χ4v) is 3.60. The molecule has 1 aliphatic rings. The molecule has 0 N–H and O–H groups in total. The molecule has 0 heterocycles. The van der Waals surface area contributed by atoms with Gasteiger partial charge in [-0.3, -0.25) is 0 Å². The average Bonchev–Trinajstić information content (AvgIpc) is 2.99. The van der Waals surface area contributed by atoms with E-state index in [4.69, 9.17) is 4.74 Å². The highest BCUT2D eigenvalue weighted by Gasteiger charge is 2.21. The van der Waals surface area contributed by atoms with Crippen molar-refractivity contribution in [2.45, 2.75) is 13.3 Å². The van der Waals surface area contributed by atoms with Gasteiger partial charge < -0.3 is 4.74 Å². The third kappa shape index (κ3) is 2.23. The first kappa shape index (κ1) is 14.7. The fourth-order valence-electron chi connectivity index (χ4n) is 3.60. The van der Waals surface area contributed by atoms with E-state index in [1.807, 2.05) is 19.1 Å². The van der Waals surface area contributed by atoms with Crippen molar-refractivity contribution < 1.29 is 9.53 Å². The summed E-state index contributed by atoms with van der Waals surface area (Å²) in [5.74, 6) is -0.287. The Morgan fingerprint density at radius 3 is 2.46 bits per heavy atom. The van der Waals surface area contributed by atoms with Crippen LogP contribution in [0.5, 0.6) is 0 Å². The summed E-state index contributed by atoms with van der Waals surface area (Å²) < 4.78 is 4.84. The van der Waals surface area contributed by atoms with E-state index in [-0.39, 0.29) is 5.97 Å². The number of hydrogen-bond acceptors (Lipinski definition) is 2. The molecule has 4 rings (SSSR count). The Kier molecular flexibility index (Phi) is 3.46. The van der Waals surface area contributed by atoms with Crippen molar-refractivity contribution in [2.24, 2.45) is 0 Å². The summed E-state index contributed by atoms with van der Waals surface area (Å²) in [5, 5.41) is 0. The quantitative estimate of drug-likeness (QED) is 0.486. The molecule has 2 heteroatoms. The lowest BCUT2D eigenvalue weighted by molar-refractivity contribution is 0.0600. The summed E-state index contributed by atoms with van der Waals surface area (Å²) in [5.41, 5.74) is 9.33. The number of hydrogen-bond donors (Lipinski definition) is 0. The number of esters is 1. The van der Waals surface area contributed by atoms with Gasteiger partial charge in [0.2, 0.25) is 0 Å². The zero-order chi connectivity index (χ0) is 16.7. The smallest absolute Gasteiger partial charge is 0.338 e. The number of carbonyl (C=O) groups excluding carboxylic acids is 1. The summed E-state index contributed by atoms with van der Waals surface area (Å²) in [6.45, 7) is 1.95. The van der Waals surface area contributed by atoms with Gasteiger partial charge in [-0.05, 0) is 58.4 Å². The van der Waals surface area contributed by atoms with Crippen molar-refractivity contribution in [1.82, 2.24) is 0 Å². The van der Waals surface area contributed by atoms with E-state index in [0.717, 1.165) is 17.5 Å². The SMILES string of the molecule is COC(=O)c1ccc(-c2cccc3c2Cc2ccccc2-3)cc1C. The minimum absolute atomic E-state index is 0.287. The Morgan fingerprint density at radius 2 is 1.67 bits per heavy atom. The van der Waals surface area contributed by atoms with E-state index in [0.29, 0.717) is 5.56 Å². The number of methoxy groups -OCH3 is 1. The third-order valence-electron chi connectivity index (χ3n) is 4.79. The third-order valence-corrected chi connectivity index (χ3v) is 4.79. The second kappa shape index (κ2) is 5.64. The molecule has 0 spiro atoms. The molecule has 2 nitrogen and oxygen atoms in total. The lowest BCUT2D eigenvalue weighted by Crippen LogP contribution is -2.03. The first-order valence-electron chi connectivity index (χ1n) is 8.08. The monoisotopic (exact) mass is 314 g/mol. The molecule has 0 bridgehead atoms. The number of aryl methyl sites for hydroxylation is 1. The van der Waals surface area contributed by atoms with Crippen molar-refractivity contribution in [1.29, 1.82) is 0 Å². The summed E-state index contributed by atoms with van der Waals surface area (Å²) in [6.07, 6.45) is 0.958. The molecule has 118 valence electrons. The Balaban J connectivity index is 1.83. The van der Waals surface area contributed by atoms with Crippen LogP contribution in [-0.2, 0) is 11.2 Å². The van der Waals surface area contributed by atoms with E-state index < -0.39 is 0 Å². The lowest BCUT2D eigenvalue weighted by Gasteiger charge is -2.11. The average molecular weight is 314 g/mol. The summed E-state index contributed by atoms with van der Waals surface area (Å²) >= 11 is 0. The molecule has 0 saturated carbocycles. The van der Waals surface area contributed by atoms with E-state index >= 15 is 0 Å². The zero-order valence-corrected chi connectivity index (χ0v) is 13.8. The molecule has 0 saturated heterocycles. The molecule has 0 aromatic heterocycles. The zero-order valence-electron chi connectivity index (χ0n) is 13.8. The van der Waals surface area contributed by atoms with Gasteiger partial charge in [0, 0.05) is 0 Å². The van der Waals surface area contributed by atoms with Crippen LogP contribution in [0.4, 0.5) is 0 Å². The molecule has 0 aliphatic heterocycles. The van der Waals surface area contributed by atoms with Crippen LogP contribution in [0, 0.1) is 6.92 Å². The van der Waals surface area contributed by atoms with E-state index in [1.165, 1.54) is 34.9 Å². The minimum atomic E-state index is -0.287. The highest BCUT2D eigenvalue weighted by molar-refractivity contribution is 5.92. The predicted octanol–water partition coefficient (Wildman–Crippen LogP) is 5.02. The number of benzene rings is 3. The molecule has 0 radical (unpaired) electrons. The van der Waals surface area contributed by atoms with Gasteiger partial charge in [0.25, 0.3) is 0 Å². The van der Waals surface area contributed by atoms with Gasteiger partial charge in [-0.15, -0.1) is 0 Å². The fraction of sp³-hybridized carbons (Fsp3) is 0.136. The molecular formula is C22H18O2. The van der Waals surface area contributed by atoms with Crippen molar-refractivity contribution in [3.8, 4) is 22.3 Å². The topological polar surface area (TPSA) is 26.3 Å². The highest BCUT2D eigenvalue weighted by Crippen LogP contribution is 2.41. The Labute approximate surface area is 141 Å². The largest absolute Gasteiger partial charge is 0.465 e. The van der Waals surface area contributed by atoms with Crippen molar-refractivity contribution in [3.05, 3.63) is 82.9 Å². The number of carbonyl (C=O) groups is 1. The van der Waals surface area contributed by atoms with E-state index in [2.05, 4.69) is 48.5 Å². The Morgan fingerprint density at radius 1 is 0.917 bits per heavy atom. The first-order chi connectivity index (χ1) is 11.7. The van der Waals surface area contributed by atoms with Crippen LogP contribution in [-0.4, -0.2) is 13.1 Å². The van der Waals surface area contributed by atoms with Crippen molar-refractivity contribution in [2.75, 3.05) is 7.11 Å². The van der Waals surface area contributed by atoms with Gasteiger partial charge >= 0.3 is 5.97 Å². The Hall–Kier alpha value is -2.87. The summed E-state index contributed by atoms with van der Waals surface area (Å²) in [6, 6.07) is 21.0. The Bertz CT molecular complexity index is 954. The molecule has 0 unspecified atom stereocenters. The van der Waals surface area contributed by atoms with Crippen LogP contribution in [0.1, 0.15) is 27.0 Å². The number of fused-ring (bicyclic) bond motifs is 3. The van der Waals surface area contributed by atoms with E-state index in [1.54, 1.807) is 0 Å². The van der Waals surface area contributed by atoms with Crippen LogP contribution in [0.15, 0.2) is 60.7 Å². The minimum Gasteiger partial charge on any atom is -0.465 e. The van der Waals surface area contributed by atoms with Gasteiger partial charge in [-0.2, -0.15) is 0 Å². The molecule has 3 aromatic rings. The van der Waals surface area contributed by atoms with Crippen LogP contribution < -0.4 is 0 Å². The van der Waals surface area contributed by atoms with Gasteiger partial charge in [-0.25, -0.2) is 4.79 Å². The maximum absolute atomic E-state index is 11.8. The number of ether oxygens (including phenoxy) is 1. The second-order valence-corrected chi connectivity index (χ2v) is 6.19. The molecule has 3 aromatic carbocycles. The van der Waals surface area contributed by atoms with Crippen LogP contribution in [0.2, 0.25) is 0 Å². The highest BCUT2D eigenvalue weighted by atomic mass is 16.5. The predicted molar refractivity (Wildman–Crippen MR) is 96.2 cm³/mol. The normalized spacial score (nSPS) is 11.8. The first-order valence-corrected chi connectivity index (χ1v) is 8.08. The molecule has 24 heavy (non-hydrogen) atoms. The van der Waals surface area contributed by atoms with Crippen LogP contribution in [0.25, 0.3) is 22.3 Å². The van der Waals surface area contributed by atoms with E-state index in [9.17, 15) is 4.79 Å².